The fourth-order valence-corrected chi connectivity index (χ4v) is 3.85. The number of thiophene rings is 1. The summed E-state index contributed by atoms with van der Waals surface area (Å²) >= 11 is 13.6. The van der Waals surface area contributed by atoms with Crippen LogP contribution in [0, 0.1) is 13.8 Å². The second-order valence-electron chi connectivity index (χ2n) is 5.74. The molecule has 130 valence electrons. The van der Waals surface area contributed by atoms with Crippen LogP contribution >= 0.6 is 34.5 Å². The molecule has 0 amide bonds. The molecule has 0 spiro atoms. The Morgan fingerprint density at radius 2 is 2.00 bits per heavy atom. The molecule has 6 heteroatoms. The molecule has 3 nitrogen and oxygen atoms in total. The quantitative estimate of drug-likeness (QED) is 0.496. The highest BCUT2D eigenvalue weighted by atomic mass is 35.5. The van der Waals surface area contributed by atoms with Crippen LogP contribution in [-0.2, 0) is 6.54 Å². The van der Waals surface area contributed by atoms with Gasteiger partial charge in [0.15, 0.2) is 6.61 Å². The third-order valence-electron chi connectivity index (χ3n) is 4.02. The van der Waals surface area contributed by atoms with E-state index < -0.39 is 0 Å². The Balaban J connectivity index is 1.74. The van der Waals surface area contributed by atoms with Gasteiger partial charge in [0, 0.05) is 26.9 Å². The monoisotopic (exact) mass is 393 g/mol. The lowest BCUT2D eigenvalue weighted by Crippen LogP contribution is -2.13. The number of halogens is 2. The van der Waals surface area contributed by atoms with E-state index in [0.717, 1.165) is 17.9 Å². The van der Waals surface area contributed by atoms with Gasteiger partial charge in [0.05, 0.1) is 11.6 Å². The third kappa shape index (κ3) is 4.09. The molecule has 0 aliphatic heterocycles. The smallest absolute Gasteiger partial charge is 0.202 e. The van der Waals surface area contributed by atoms with Crippen molar-refractivity contribution in [3.05, 3.63) is 73.7 Å². The first-order valence-corrected chi connectivity index (χ1v) is 9.39. The third-order valence-corrected chi connectivity index (χ3v) is 5.41. The van der Waals surface area contributed by atoms with E-state index in [9.17, 15) is 4.79 Å². The van der Waals surface area contributed by atoms with Gasteiger partial charge in [-0.3, -0.25) is 4.79 Å². The van der Waals surface area contributed by atoms with Gasteiger partial charge in [0.1, 0.15) is 5.75 Å². The van der Waals surface area contributed by atoms with Crippen LogP contribution in [0.1, 0.15) is 26.6 Å². The topological polar surface area (TPSA) is 31.2 Å². The number of hydrogen-bond acceptors (Lipinski definition) is 3. The number of aromatic nitrogens is 1. The molecule has 0 unspecified atom stereocenters. The van der Waals surface area contributed by atoms with Gasteiger partial charge in [-0.25, -0.2) is 0 Å². The summed E-state index contributed by atoms with van der Waals surface area (Å²) in [4.78, 5) is 13.8. The van der Waals surface area contributed by atoms with E-state index in [1.54, 1.807) is 29.5 Å². The molecule has 2 heterocycles. The Hall–Kier alpha value is -1.75. The average molecular weight is 394 g/mol. The van der Waals surface area contributed by atoms with E-state index in [4.69, 9.17) is 27.9 Å². The number of nitrogens with zero attached hydrogens (tertiary/aromatic N) is 1. The summed E-state index contributed by atoms with van der Waals surface area (Å²) in [6.07, 6.45) is 0. The molecule has 25 heavy (non-hydrogen) atoms. The van der Waals surface area contributed by atoms with Crippen molar-refractivity contribution in [2.24, 2.45) is 0 Å². The van der Waals surface area contributed by atoms with Crippen molar-refractivity contribution in [3.8, 4) is 5.75 Å². The maximum atomic E-state index is 12.6. The Kier molecular flexibility index (Phi) is 5.52. The van der Waals surface area contributed by atoms with Crippen molar-refractivity contribution in [3.63, 3.8) is 0 Å². The molecule has 0 aliphatic rings. The van der Waals surface area contributed by atoms with Crippen LogP contribution in [0.4, 0.5) is 0 Å². The molecule has 0 atom stereocenters. The number of ether oxygens (including phenoxy) is 1. The minimum atomic E-state index is -0.0726. The molecular formula is C19H17Cl2NO2S. The molecule has 0 aliphatic carbocycles. The standard InChI is InChI=1S/C19H17Cl2NO2S/c1-12-8-16(13(2)22(12)10-15-4-3-7-25-15)18(23)11-24-19-6-5-14(20)9-17(19)21/h3-9H,10-11H2,1-2H3. The zero-order chi connectivity index (χ0) is 18.0. The molecule has 0 bridgehead atoms. The number of hydrogen-bond donors (Lipinski definition) is 0. The molecule has 0 fully saturated rings. The summed E-state index contributed by atoms with van der Waals surface area (Å²) in [6.45, 7) is 4.68. The first-order chi connectivity index (χ1) is 12.0. The highest BCUT2D eigenvalue weighted by Gasteiger charge is 2.17. The van der Waals surface area contributed by atoms with Crippen molar-refractivity contribution < 1.29 is 9.53 Å². The zero-order valence-electron chi connectivity index (χ0n) is 13.9. The highest BCUT2D eigenvalue weighted by Crippen LogP contribution is 2.28. The number of benzene rings is 1. The number of carbonyl (C=O) groups excluding carboxylic acids is 1. The van der Waals surface area contributed by atoms with Crippen LogP contribution in [-0.4, -0.2) is 17.0 Å². The lowest BCUT2D eigenvalue weighted by atomic mass is 10.1. The summed E-state index contributed by atoms with van der Waals surface area (Å²) in [7, 11) is 0. The maximum Gasteiger partial charge on any atom is 0.202 e. The van der Waals surface area contributed by atoms with Gasteiger partial charge >= 0.3 is 0 Å². The summed E-state index contributed by atoms with van der Waals surface area (Å²) in [5, 5.41) is 2.98. The van der Waals surface area contributed by atoms with E-state index in [2.05, 4.69) is 16.0 Å². The van der Waals surface area contributed by atoms with Gasteiger partial charge in [-0.1, -0.05) is 29.3 Å². The van der Waals surface area contributed by atoms with Crippen LogP contribution < -0.4 is 4.74 Å². The van der Waals surface area contributed by atoms with E-state index in [0.29, 0.717) is 21.4 Å². The van der Waals surface area contributed by atoms with Crippen molar-refractivity contribution in [1.29, 1.82) is 0 Å². The molecule has 0 N–H and O–H groups in total. The van der Waals surface area contributed by atoms with Gasteiger partial charge in [-0.05, 0) is 49.6 Å². The fourth-order valence-electron chi connectivity index (χ4n) is 2.70. The van der Waals surface area contributed by atoms with Crippen LogP contribution in [0.2, 0.25) is 10.0 Å². The lowest BCUT2D eigenvalue weighted by molar-refractivity contribution is 0.0921. The SMILES string of the molecule is Cc1cc(C(=O)COc2ccc(Cl)cc2Cl)c(C)n1Cc1cccs1. The first-order valence-electron chi connectivity index (χ1n) is 7.76. The van der Waals surface area contributed by atoms with E-state index >= 15 is 0 Å². The number of Topliss-reactive ketones (excluding diaryl/α,β-unsaturated/α-hetero) is 1. The predicted octanol–water partition coefficient (Wildman–Crippen LogP) is 5.78. The van der Waals surface area contributed by atoms with E-state index in [1.807, 2.05) is 26.0 Å². The second kappa shape index (κ2) is 7.65. The molecular weight excluding hydrogens is 377 g/mol. The normalized spacial score (nSPS) is 10.9. The van der Waals surface area contributed by atoms with Crippen molar-refractivity contribution in [2.45, 2.75) is 20.4 Å². The summed E-state index contributed by atoms with van der Waals surface area (Å²) in [6, 6.07) is 11.0. The second-order valence-corrected chi connectivity index (χ2v) is 7.61. The molecule has 3 aromatic rings. The van der Waals surface area contributed by atoms with Crippen LogP contribution in [0.25, 0.3) is 0 Å². The minimum absolute atomic E-state index is 0.0648. The molecule has 1 aromatic carbocycles. The average Bonchev–Trinajstić information content (AvgIpc) is 3.17. The van der Waals surface area contributed by atoms with Crippen LogP contribution in [0.5, 0.6) is 5.75 Å². The number of ketones is 1. The molecule has 2 aromatic heterocycles. The van der Waals surface area contributed by atoms with Crippen LogP contribution in [0.15, 0.2) is 41.8 Å². The number of rotatable bonds is 6. The largest absolute Gasteiger partial charge is 0.484 e. The zero-order valence-corrected chi connectivity index (χ0v) is 16.2. The lowest BCUT2D eigenvalue weighted by Gasteiger charge is -2.09. The van der Waals surface area contributed by atoms with Crippen LogP contribution in [0.3, 0.4) is 0 Å². The van der Waals surface area contributed by atoms with Crippen molar-refractivity contribution >= 4 is 40.3 Å². The Labute approximate surface area is 160 Å². The van der Waals surface area contributed by atoms with Gasteiger partial charge < -0.3 is 9.30 Å². The van der Waals surface area contributed by atoms with Crippen molar-refractivity contribution in [2.75, 3.05) is 6.61 Å². The molecule has 0 radical (unpaired) electrons. The first kappa shape index (κ1) is 18.1. The minimum Gasteiger partial charge on any atom is -0.484 e. The van der Waals surface area contributed by atoms with Gasteiger partial charge in [-0.15, -0.1) is 11.3 Å². The van der Waals surface area contributed by atoms with E-state index in [1.165, 1.54) is 4.88 Å². The summed E-state index contributed by atoms with van der Waals surface area (Å²) in [5.74, 6) is 0.378. The van der Waals surface area contributed by atoms with E-state index in [-0.39, 0.29) is 12.4 Å². The fraction of sp³-hybridized carbons (Fsp3) is 0.211. The van der Waals surface area contributed by atoms with Gasteiger partial charge in [0.2, 0.25) is 5.78 Å². The van der Waals surface area contributed by atoms with Crippen molar-refractivity contribution in [1.82, 2.24) is 4.57 Å². The van der Waals surface area contributed by atoms with Gasteiger partial charge in [-0.2, -0.15) is 0 Å². The number of carbonyl (C=O) groups is 1. The summed E-state index contributed by atoms with van der Waals surface area (Å²) < 4.78 is 7.72. The Morgan fingerprint density at radius 3 is 2.68 bits per heavy atom. The Bertz CT molecular complexity index is 901. The predicted molar refractivity (Wildman–Crippen MR) is 104 cm³/mol. The highest BCUT2D eigenvalue weighted by molar-refractivity contribution is 7.09. The molecule has 0 saturated carbocycles. The summed E-state index contributed by atoms with van der Waals surface area (Å²) in [5.41, 5.74) is 2.68. The Morgan fingerprint density at radius 1 is 1.20 bits per heavy atom. The molecule has 3 rings (SSSR count). The number of aryl methyl sites for hydroxylation is 1. The molecule has 0 saturated heterocycles. The van der Waals surface area contributed by atoms with Gasteiger partial charge in [0.25, 0.3) is 0 Å². The maximum absolute atomic E-state index is 12.6.